The van der Waals surface area contributed by atoms with Gasteiger partial charge >= 0.3 is 5.97 Å². The summed E-state index contributed by atoms with van der Waals surface area (Å²) in [6.45, 7) is 2.27. The molecule has 0 saturated heterocycles. The molecule has 0 bridgehead atoms. The average molecular weight is 259 g/mol. The van der Waals surface area contributed by atoms with Crippen LogP contribution in [-0.2, 0) is 15.3 Å². The molecule has 4 heteroatoms. The molecule has 0 radical (unpaired) electrons. The van der Waals surface area contributed by atoms with Gasteiger partial charge in [-0.2, -0.15) is 11.8 Å². The molecule has 0 saturated carbocycles. The predicted molar refractivity (Wildman–Crippen MR) is 68.9 cm³/mol. The molecule has 2 nitrogen and oxygen atoms in total. The molecular formula is C12H15ClO2S. The van der Waals surface area contributed by atoms with E-state index in [1.807, 2.05) is 31.2 Å². The average Bonchev–Trinajstić information content (AvgIpc) is 2.27. The van der Waals surface area contributed by atoms with E-state index in [9.17, 15) is 4.79 Å². The summed E-state index contributed by atoms with van der Waals surface area (Å²) in [5.74, 6) is 1.47. The molecule has 0 spiro atoms. The minimum Gasteiger partial charge on any atom is -0.466 e. The molecule has 0 aliphatic rings. The highest BCUT2D eigenvalue weighted by molar-refractivity contribution is 7.98. The van der Waals surface area contributed by atoms with Crippen LogP contribution in [-0.4, -0.2) is 18.3 Å². The molecule has 1 aromatic rings. The first-order valence-corrected chi connectivity index (χ1v) is 6.74. The van der Waals surface area contributed by atoms with Crippen LogP contribution in [0.15, 0.2) is 24.3 Å². The highest BCUT2D eigenvalue weighted by atomic mass is 35.5. The number of thioether (sulfide) groups is 1. The summed E-state index contributed by atoms with van der Waals surface area (Å²) in [4.78, 5) is 11.1. The molecule has 0 aliphatic heterocycles. The monoisotopic (exact) mass is 258 g/mol. The highest BCUT2D eigenvalue weighted by Crippen LogP contribution is 2.21. The van der Waals surface area contributed by atoms with Crippen LogP contribution in [0, 0.1) is 0 Å². The lowest BCUT2D eigenvalue weighted by Gasteiger charge is -2.04. The second kappa shape index (κ2) is 7.58. The molecule has 0 aromatic heterocycles. The Balaban J connectivity index is 2.21. The van der Waals surface area contributed by atoms with Gasteiger partial charge < -0.3 is 4.74 Å². The number of halogens is 1. The fourth-order valence-electron chi connectivity index (χ4n) is 1.19. The van der Waals surface area contributed by atoms with E-state index in [0.29, 0.717) is 13.0 Å². The van der Waals surface area contributed by atoms with Crippen molar-refractivity contribution in [2.24, 2.45) is 0 Å². The molecule has 0 heterocycles. The molecule has 1 rings (SSSR count). The van der Waals surface area contributed by atoms with Crippen molar-refractivity contribution in [2.75, 3.05) is 12.4 Å². The third-order valence-corrected chi connectivity index (χ3v) is 3.35. The van der Waals surface area contributed by atoms with Gasteiger partial charge in [0.05, 0.1) is 13.0 Å². The SMILES string of the molecule is CCOC(=O)CCSCc1ccccc1Cl. The first-order valence-electron chi connectivity index (χ1n) is 5.20. The Kier molecular flexibility index (Phi) is 6.34. The van der Waals surface area contributed by atoms with Gasteiger partial charge in [-0.15, -0.1) is 0 Å². The third-order valence-electron chi connectivity index (χ3n) is 1.97. The Hall–Kier alpha value is -0.670. The molecular weight excluding hydrogens is 244 g/mol. The summed E-state index contributed by atoms with van der Waals surface area (Å²) in [6.07, 6.45) is 0.461. The molecule has 0 unspecified atom stereocenters. The van der Waals surface area contributed by atoms with Gasteiger partial charge in [0, 0.05) is 16.5 Å². The van der Waals surface area contributed by atoms with Gasteiger partial charge in [0.1, 0.15) is 0 Å². The Bertz CT molecular complexity index is 342. The van der Waals surface area contributed by atoms with E-state index >= 15 is 0 Å². The van der Waals surface area contributed by atoms with Crippen molar-refractivity contribution in [3.05, 3.63) is 34.9 Å². The lowest BCUT2D eigenvalue weighted by molar-refractivity contribution is -0.142. The topological polar surface area (TPSA) is 26.3 Å². The summed E-state index contributed by atoms with van der Waals surface area (Å²) in [7, 11) is 0. The van der Waals surface area contributed by atoms with E-state index in [-0.39, 0.29) is 5.97 Å². The summed E-state index contributed by atoms with van der Waals surface area (Å²) < 4.78 is 4.84. The van der Waals surface area contributed by atoms with Crippen molar-refractivity contribution in [3.63, 3.8) is 0 Å². The number of esters is 1. The Morgan fingerprint density at radius 1 is 1.44 bits per heavy atom. The molecule has 0 amide bonds. The van der Waals surface area contributed by atoms with E-state index < -0.39 is 0 Å². The van der Waals surface area contributed by atoms with Crippen molar-refractivity contribution in [1.82, 2.24) is 0 Å². The van der Waals surface area contributed by atoms with Gasteiger partial charge in [-0.1, -0.05) is 29.8 Å². The maximum atomic E-state index is 11.1. The zero-order valence-electron chi connectivity index (χ0n) is 9.24. The fourth-order valence-corrected chi connectivity index (χ4v) is 2.39. The van der Waals surface area contributed by atoms with E-state index in [4.69, 9.17) is 16.3 Å². The quantitative estimate of drug-likeness (QED) is 0.577. The largest absolute Gasteiger partial charge is 0.466 e. The van der Waals surface area contributed by atoms with Gasteiger partial charge in [-0.25, -0.2) is 0 Å². The fraction of sp³-hybridized carbons (Fsp3) is 0.417. The van der Waals surface area contributed by atoms with Crippen molar-refractivity contribution in [1.29, 1.82) is 0 Å². The summed E-state index contributed by atoms with van der Waals surface area (Å²) in [5, 5.41) is 0.783. The number of benzene rings is 1. The molecule has 0 fully saturated rings. The number of rotatable bonds is 6. The van der Waals surface area contributed by atoms with Crippen molar-refractivity contribution in [2.45, 2.75) is 19.1 Å². The first-order chi connectivity index (χ1) is 7.74. The van der Waals surface area contributed by atoms with Gasteiger partial charge in [-0.3, -0.25) is 4.79 Å². The second-order valence-corrected chi connectivity index (χ2v) is 4.71. The van der Waals surface area contributed by atoms with Crippen LogP contribution in [0.2, 0.25) is 5.02 Å². The van der Waals surface area contributed by atoms with E-state index in [2.05, 4.69) is 0 Å². The number of hydrogen-bond donors (Lipinski definition) is 0. The zero-order valence-corrected chi connectivity index (χ0v) is 10.8. The first kappa shape index (κ1) is 13.4. The van der Waals surface area contributed by atoms with Crippen LogP contribution in [0.1, 0.15) is 18.9 Å². The van der Waals surface area contributed by atoms with E-state index in [0.717, 1.165) is 22.1 Å². The third kappa shape index (κ3) is 4.90. The molecule has 1 aromatic carbocycles. The number of carbonyl (C=O) groups excluding carboxylic acids is 1. The Labute approximate surface area is 105 Å². The van der Waals surface area contributed by atoms with Crippen LogP contribution in [0.5, 0.6) is 0 Å². The summed E-state index contributed by atoms with van der Waals surface area (Å²) >= 11 is 7.70. The summed E-state index contributed by atoms with van der Waals surface area (Å²) in [6, 6.07) is 7.75. The number of carbonyl (C=O) groups is 1. The maximum absolute atomic E-state index is 11.1. The van der Waals surface area contributed by atoms with Crippen LogP contribution < -0.4 is 0 Å². The van der Waals surface area contributed by atoms with Crippen LogP contribution >= 0.6 is 23.4 Å². The van der Waals surface area contributed by atoms with Gasteiger partial charge in [0.2, 0.25) is 0 Å². The zero-order chi connectivity index (χ0) is 11.8. The molecule has 0 N–H and O–H groups in total. The lowest BCUT2D eigenvalue weighted by Crippen LogP contribution is -2.04. The maximum Gasteiger partial charge on any atom is 0.306 e. The van der Waals surface area contributed by atoms with Crippen LogP contribution in [0.3, 0.4) is 0 Å². The van der Waals surface area contributed by atoms with Crippen molar-refractivity contribution < 1.29 is 9.53 Å². The molecule has 0 aliphatic carbocycles. The minimum atomic E-state index is -0.130. The minimum absolute atomic E-state index is 0.130. The van der Waals surface area contributed by atoms with Crippen molar-refractivity contribution >= 4 is 29.3 Å². The van der Waals surface area contributed by atoms with E-state index in [1.54, 1.807) is 11.8 Å². The van der Waals surface area contributed by atoms with Gasteiger partial charge in [0.25, 0.3) is 0 Å². The van der Waals surface area contributed by atoms with E-state index in [1.165, 1.54) is 0 Å². The number of hydrogen-bond acceptors (Lipinski definition) is 3. The van der Waals surface area contributed by atoms with Gasteiger partial charge in [-0.05, 0) is 18.6 Å². The Morgan fingerprint density at radius 2 is 2.19 bits per heavy atom. The predicted octanol–water partition coefficient (Wildman–Crippen LogP) is 3.53. The normalized spacial score (nSPS) is 10.1. The smallest absolute Gasteiger partial charge is 0.306 e. The van der Waals surface area contributed by atoms with Gasteiger partial charge in [0.15, 0.2) is 0 Å². The standard InChI is InChI=1S/C12H15ClO2S/c1-2-15-12(14)7-8-16-9-10-5-3-4-6-11(10)13/h3-6H,2,7-9H2,1H3. The van der Waals surface area contributed by atoms with Crippen molar-refractivity contribution in [3.8, 4) is 0 Å². The second-order valence-electron chi connectivity index (χ2n) is 3.20. The molecule has 0 atom stereocenters. The Morgan fingerprint density at radius 3 is 2.88 bits per heavy atom. The number of ether oxygens (including phenoxy) is 1. The van der Waals surface area contributed by atoms with Crippen LogP contribution in [0.25, 0.3) is 0 Å². The summed E-state index contributed by atoms with van der Waals surface area (Å²) in [5.41, 5.74) is 1.11. The van der Waals surface area contributed by atoms with Crippen LogP contribution in [0.4, 0.5) is 0 Å². The molecule has 16 heavy (non-hydrogen) atoms. The molecule has 88 valence electrons. The lowest BCUT2D eigenvalue weighted by atomic mass is 10.2. The highest BCUT2D eigenvalue weighted by Gasteiger charge is 2.02.